The largest absolute Gasteiger partial charge is 0.469 e. The van der Waals surface area contributed by atoms with Gasteiger partial charge in [0, 0.05) is 29.8 Å². The molecule has 0 aromatic heterocycles. The van der Waals surface area contributed by atoms with Gasteiger partial charge in [-0.05, 0) is 31.9 Å². The van der Waals surface area contributed by atoms with Crippen molar-refractivity contribution in [2.75, 3.05) is 33.3 Å². The number of rotatable bonds is 6. The fourth-order valence-corrected chi connectivity index (χ4v) is 3.83. The number of likely N-dealkylation sites (tertiary alicyclic amines) is 1. The number of aliphatic imine (C=N–C) groups is 1. The van der Waals surface area contributed by atoms with Gasteiger partial charge >= 0.3 is 5.97 Å². The van der Waals surface area contributed by atoms with E-state index >= 15 is 0 Å². The molecular weight excluding hydrogens is 334 g/mol. The minimum atomic E-state index is -0.0885. The molecule has 25 heavy (non-hydrogen) atoms. The summed E-state index contributed by atoms with van der Waals surface area (Å²) in [5.41, 5.74) is 0. The molecule has 6 heteroatoms. The van der Waals surface area contributed by atoms with E-state index in [0.717, 1.165) is 45.0 Å². The molecule has 1 aliphatic rings. The van der Waals surface area contributed by atoms with E-state index in [1.54, 1.807) is 0 Å². The lowest BCUT2D eigenvalue weighted by Gasteiger charge is -2.33. The molecule has 138 valence electrons. The predicted octanol–water partition coefficient (Wildman–Crippen LogP) is 3.02. The maximum absolute atomic E-state index is 11.7. The Morgan fingerprint density at radius 2 is 2.04 bits per heavy atom. The van der Waals surface area contributed by atoms with E-state index in [1.165, 1.54) is 12.0 Å². The molecule has 1 N–H and O–H groups in total. The Hall–Kier alpha value is -1.69. The maximum Gasteiger partial charge on any atom is 0.308 e. The van der Waals surface area contributed by atoms with Crippen LogP contribution in [0, 0.1) is 5.92 Å². The van der Waals surface area contributed by atoms with Crippen molar-refractivity contribution >= 4 is 23.7 Å². The summed E-state index contributed by atoms with van der Waals surface area (Å²) in [7, 11) is 1.46. The summed E-state index contributed by atoms with van der Waals surface area (Å²) < 4.78 is 4.86. The van der Waals surface area contributed by atoms with Crippen LogP contribution in [0.3, 0.4) is 0 Å². The molecule has 1 aromatic rings. The van der Waals surface area contributed by atoms with Crippen molar-refractivity contribution < 1.29 is 9.53 Å². The summed E-state index contributed by atoms with van der Waals surface area (Å²) in [5.74, 6) is 0.887. The van der Waals surface area contributed by atoms with Gasteiger partial charge in [0.15, 0.2) is 5.96 Å². The fourth-order valence-electron chi connectivity index (χ4n) is 2.90. The van der Waals surface area contributed by atoms with Gasteiger partial charge in [0.05, 0.1) is 19.6 Å². The van der Waals surface area contributed by atoms with Gasteiger partial charge in [0.2, 0.25) is 0 Å². The number of hydrogen-bond acceptors (Lipinski definition) is 4. The highest BCUT2D eigenvalue weighted by Gasteiger charge is 2.27. The molecule has 2 rings (SSSR count). The van der Waals surface area contributed by atoms with E-state index in [1.807, 2.05) is 17.8 Å². The van der Waals surface area contributed by atoms with Crippen LogP contribution in [0.5, 0.6) is 0 Å². The van der Waals surface area contributed by atoms with E-state index in [0.29, 0.717) is 5.25 Å². The van der Waals surface area contributed by atoms with E-state index in [4.69, 9.17) is 9.73 Å². The summed E-state index contributed by atoms with van der Waals surface area (Å²) in [6.45, 7) is 7.57. The number of carbonyl (C=O) groups is 1. The van der Waals surface area contributed by atoms with Gasteiger partial charge < -0.3 is 15.0 Å². The number of esters is 1. The minimum absolute atomic E-state index is 0.0247. The minimum Gasteiger partial charge on any atom is -0.469 e. The smallest absolute Gasteiger partial charge is 0.308 e. The van der Waals surface area contributed by atoms with Crippen LogP contribution in [0.2, 0.25) is 0 Å². The molecule has 1 unspecified atom stereocenters. The lowest BCUT2D eigenvalue weighted by Crippen LogP contribution is -2.46. The maximum atomic E-state index is 11.7. The molecule has 0 spiro atoms. The Morgan fingerprint density at radius 1 is 1.36 bits per heavy atom. The highest BCUT2D eigenvalue weighted by atomic mass is 32.2. The first-order valence-electron chi connectivity index (χ1n) is 8.96. The van der Waals surface area contributed by atoms with Crippen LogP contribution < -0.4 is 5.32 Å². The van der Waals surface area contributed by atoms with Gasteiger partial charge in [-0.2, -0.15) is 0 Å². The van der Waals surface area contributed by atoms with Crippen LogP contribution in [-0.4, -0.2) is 55.4 Å². The van der Waals surface area contributed by atoms with Crippen LogP contribution in [-0.2, 0) is 9.53 Å². The first-order valence-corrected chi connectivity index (χ1v) is 9.84. The number of ether oxygens (including phenoxy) is 1. The monoisotopic (exact) mass is 363 g/mol. The number of thioether (sulfide) groups is 1. The van der Waals surface area contributed by atoms with Crippen molar-refractivity contribution in [1.29, 1.82) is 0 Å². The zero-order chi connectivity index (χ0) is 18.1. The van der Waals surface area contributed by atoms with Crippen molar-refractivity contribution in [2.24, 2.45) is 10.9 Å². The average molecular weight is 364 g/mol. The number of nitrogens with zero attached hydrogens (tertiary/aromatic N) is 2. The molecule has 0 bridgehead atoms. The molecule has 1 aromatic carbocycles. The molecule has 1 heterocycles. The van der Waals surface area contributed by atoms with E-state index in [-0.39, 0.29) is 11.9 Å². The van der Waals surface area contributed by atoms with Crippen molar-refractivity contribution in [3.8, 4) is 0 Å². The molecule has 0 aliphatic carbocycles. The topological polar surface area (TPSA) is 53.9 Å². The number of hydrogen-bond donors (Lipinski definition) is 1. The summed E-state index contributed by atoms with van der Waals surface area (Å²) in [5, 5.41) is 3.79. The van der Waals surface area contributed by atoms with Crippen LogP contribution in [0.15, 0.2) is 40.2 Å². The Bertz CT molecular complexity index is 557. The number of benzene rings is 1. The number of piperidine rings is 1. The van der Waals surface area contributed by atoms with Crippen molar-refractivity contribution in [3.63, 3.8) is 0 Å². The molecule has 0 radical (unpaired) electrons. The number of guanidine groups is 1. The number of methoxy groups -OCH3 is 1. The zero-order valence-corrected chi connectivity index (χ0v) is 16.2. The van der Waals surface area contributed by atoms with Crippen molar-refractivity contribution in [1.82, 2.24) is 10.2 Å². The predicted molar refractivity (Wildman–Crippen MR) is 104 cm³/mol. The van der Waals surface area contributed by atoms with Crippen molar-refractivity contribution in [3.05, 3.63) is 30.3 Å². The normalized spacial score (nSPS) is 17.2. The van der Waals surface area contributed by atoms with Crippen LogP contribution >= 0.6 is 11.8 Å². The lowest BCUT2D eigenvalue weighted by atomic mass is 9.97. The van der Waals surface area contributed by atoms with Gasteiger partial charge in [-0.15, -0.1) is 11.8 Å². The fraction of sp³-hybridized carbons (Fsp3) is 0.579. The molecule has 0 saturated carbocycles. The van der Waals surface area contributed by atoms with Gasteiger partial charge in [-0.1, -0.05) is 25.1 Å². The SMILES string of the molecule is CCNC(=NCC(C)Sc1ccccc1)N1CCC(C(=O)OC)CC1. The first kappa shape index (κ1) is 19.6. The van der Waals surface area contributed by atoms with Gasteiger partial charge in [-0.25, -0.2) is 0 Å². The van der Waals surface area contributed by atoms with Gasteiger partial charge in [0.25, 0.3) is 0 Å². The molecule has 0 amide bonds. The van der Waals surface area contributed by atoms with Gasteiger partial charge in [-0.3, -0.25) is 9.79 Å². The zero-order valence-electron chi connectivity index (χ0n) is 15.4. The molecule has 1 atom stereocenters. The Kier molecular flexibility index (Phi) is 8.12. The average Bonchev–Trinajstić information content (AvgIpc) is 2.65. The second-order valence-corrected chi connectivity index (χ2v) is 7.73. The lowest BCUT2D eigenvalue weighted by molar-refractivity contribution is -0.146. The molecule has 1 fully saturated rings. The number of carbonyl (C=O) groups excluding carboxylic acids is 1. The molecular formula is C19H29N3O2S. The van der Waals surface area contributed by atoms with E-state index in [9.17, 15) is 4.79 Å². The first-order chi connectivity index (χ1) is 12.1. The van der Waals surface area contributed by atoms with Crippen molar-refractivity contribution in [2.45, 2.75) is 36.8 Å². The molecule has 1 saturated heterocycles. The van der Waals surface area contributed by atoms with Crippen LogP contribution in [0.4, 0.5) is 0 Å². The summed E-state index contributed by atoms with van der Waals surface area (Å²) >= 11 is 1.84. The quantitative estimate of drug-likeness (QED) is 0.364. The summed E-state index contributed by atoms with van der Waals surface area (Å²) in [6.07, 6.45) is 1.65. The Balaban J connectivity index is 1.89. The van der Waals surface area contributed by atoms with Crippen LogP contribution in [0.1, 0.15) is 26.7 Å². The highest BCUT2D eigenvalue weighted by molar-refractivity contribution is 8.00. The highest BCUT2D eigenvalue weighted by Crippen LogP contribution is 2.23. The second-order valence-electron chi connectivity index (χ2n) is 6.22. The third kappa shape index (κ3) is 6.27. The van der Waals surface area contributed by atoms with E-state index in [2.05, 4.69) is 48.3 Å². The van der Waals surface area contributed by atoms with Crippen LogP contribution in [0.25, 0.3) is 0 Å². The second kappa shape index (κ2) is 10.3. The Morgan fingerprint density at radius 3 is 2.64 bits per heavy atom. The summed E-state index contributed by atoms with van der Waals surface area (Å²) in [4.78, 5) is 20.0. The Labute approximate surface area is 155 Å². The third-order valence-electron chi connectivity index (χ3n) is 4.24. The number of nitrogens with one attached hydrogen (secondary N) is 1. The molecule has 5 nitrogen and oxygen atoms in total. The third-order valence-corrected chi connectivity index (χ3v) is 5.34. The standard InChI is InChI=1S/C19H29N3O2S/c1-4-20-19(22-12-10-16(11-13-22)18(23)24-3)21-14-15(2)25-17-8-6-5-7-9-17/h5-9,15-16H,4,10-14H2,1-3H3,(H,20,21). The molecule has 1 aliphatic heterocycles. The summed E-state index contributed by atoms with van der Waals surface area (Å²) in [6, 6.07) is 10.4. The van der Waals surface area contributed by atoms with E-state index < -0.39 is 0 Å². The van der Waals surface area contributed by atoms with Gasteiger partial charge in [0.1, 0.15) is 0 Å².